The van der Waals surface area contributed by atoms with Crippen molar-refractivity contribution in [1.29, 1.82) is 0 Å². The number of carboxylic acid groups (broad SMARTS) is 1. The molecule has 3 N–H and O–H groups in total. The van der Waals surface area contributed by atoms with E-state index in [0.717, 1.165) is 23.2 Å². The number of nitrogens with zero attached hydrogens (tertiary/aromatic N) is 1. The number of carboxylic acids is 1. The van der Waals surface area contributed by atoms with E-state index in [1.54, 1.807) is 18.2 Å². The number of nitrogens with one attached hydrogen (secondary N) is 1. The summed E-state index contributed by atoms with van der Waals surface area (Å²) in [7, 11) is 0. The van der Waals surface area contributed by atoms with Gasteiger partial charge in [0.1, 0.15) is 5.01 Å². The molecule has 0 saturated carbocycles. The van der Waals surface area contributed by atoms with Gasteiger partial charge in [0.05, 0.1) is 6.54 Å². The van der Waals surface area contributed by atoms with Crippen molar-refractivity contribution in [3.05, 3.63) is 40.9 Å². The standard InChI is InChI=1S/C15H16N2O4S/c1-9-7-22-13(17-9)11-5-3-4-10(6-11)12(18)16-8-15(2,21)14(19)20/h3-7,21H,8H2,1-2H3,(H,16,18)(H,19,20). The van der Waals surface area contributed by atoms with Gasteiger partial charge in [0, 0.05) is 22.2 Å². The van der Waals surface area contributed by atoms with Gasteiger partial charge in [-0.15, -0.1) is 11.3 Å². The van der Waals surface area contributed by atoms with E-state index in [2.05, 4.69) is 10.3 Å². The van der Waals surface area contributed by atoms with Crippen molar-refractivity contribution in [1.82, 2.24) is 10.3 Å². The zero-order valence-corrected chi connectivity index (χ0v) is 13.0. The van der Waals surface area contributed by atoms with Gasteiger partial charge >= 0.3 is 5.97 Å². The van der Waals surface area contributed by atoms with Crippen LogP contribution < -0.4 is 5.32 Å². The number of carbonyl (C=O) groups is 2. The van der Waals surface area contributed by atoms with E-state index in [9.17, 15) is 14.7 Å². The summed E-state index contributed by atoms with van der Waals surface area (Å²) in [4.78, 5) is 27.2. The Morgan fingerprint density at radius 2 is 2.14 bits per heavy atom. The highest BCUT2D eigenvalue weighted by molar-refractivity contribution is 7.13. The van der Waals surface area contributed by atoms with Gasteiger partial charge in [-0.25, -0.2) is 9.78 Å². The van der Waals surface area contributed by atoms with Crippen molar-refractivity contribution in [2.24, 2.45) is 0 Å². The van der Waals surface area contributed by atoms with E-state index in [1.807, 2.05) is 18.4 Å². The van der Waals surface area contributed by atoms with E-state index in [1.165, 1.54) is 11.3 Å². The molecule has 1 atom stereocenters. The first-order valence-corrected chi connectivity index (χ1v) is 7.44. The first-order chi connectivity index (χ1) is 10.3. The molecular formula is C15H16N2O4S. The third-order valence-corrected chi connectivity index (χ3v) is 4.05. The maximum absolute atomic E-state index is 12.1. The third kappa shape index (κ3) is 3.69. The molecule has 2 aromatic rings. The fourth-order valence-corrected chi connectivity index (χ4v) is 2.50. The van der Waals surface area contributed by atoms with Gasteiger partial charge in [-0.3, -0.25) is 4.79 Å². The summed E-state index contributed by atoms with van der Waals surface area (Å²) >= 11 is 1.48. The Morgan fingerprint density at radius 3 is 2.73 bits per heavy atom. The highest BCUT2D eigenvalue weighted by Gasteiger charge is 2.30. The highest BCUT2D eigenvalue weighted by atomic mass is 32.1. The number of rotatable bonds is 5. The largest absolute Gasteiger partial charge is 0.479 e. The normalized spacial score (nSPS) is 13.4. The van der Waals surface area contributed by atoms with Gasteiger partial charge < -0.3 is 15.5 Å². The van der Waals surface area contributed by atoms with Crippen LogP contribution in [-0.4, -0.2) is 39.2 Å². The number of aliphatic hydroxyl groups is 1. The Balaban J connectivity index is 2.13. The molecule has 116 valence electrons. The monoisotopic (exact) mass is 320 g/mol. The third-order valence-electron chi connectivity index (χ3n) is 3.04. The Labute approximate surface area is 131 Å². The van der Waals surface area contributed by atoms with Crippen LogP contribution in [-0.2, 0) is 4.79 Å². The molecule has 22 heavy (non-hydrogen) atoms. The van der Waals surface area contributed by atoms with Crippen molar-refractivity contribution < 1.29 is 19.8 Å². The topological polar surface area (TPSA) is 99.5 Å². The maximum atomic E-state index is 12.1. The van der Waals surface area contributed by atoms with E-state index in [4.69, 9.17) is 5.11 Å². The van der Waals surface area contributed by atoms with Crippen LogP contribution >= 0.6 is 11.3 Å². The van der Waals surface area contributed by atoms with Gasteiger partial charge in [0.2, 0.25) is 0 Å². The molecule has 0 aliphatic heterocycles. The Morgan fingerprint density at radius 1 is 1.41 bits per heavy atom. The first kappa shape index (κ1) is 16.1. The van der Waals surface area contributed by atoms with Crippen LogP contribution in [0, 0.1) is 6.92 Å². The fraction of sp³-hybridized carbons (Fsp3) is 0.267. The minimum atomic E-state index is -2.00. The van der Waals surface area contributed by atoms with Crippen LogP contribution in [0.25, 0.3) is 10.6 Å². The van der Waals surface area contributed by atoms with Crippen LogP contribution in [0.4, 0.5) is 0 Å². The van der Waals surface area contributed by atoms with E-state index < -0.39 is 17.5 Å². The number of aromatic nitrogens is 1. The van der Waals surface area contributed by atoms with Gasteiger partial charge in [0.25, 0.3) is 5.91 Å². The van der Waals surface area contributed by atoms with Crippen LogP contribution in [0.3, 0.4) is 0 Å². The van der Waals surface area contributed by atoms with Crippen molar-refractivity contribution in [2.75, 3.05) is 6.54 Å². The van der Waals surface area contributed by atoms with Crippen LogP contribution in [0.1, 0.15) is 23.0 Å². The molecule has 1 aromatic carbocycles. The predicted molar refractivity (Wildman–Crippen MR) is 82.9 cm³/mol. The minimum Gasteiger partial charge on any atom is -0.479 e. The lowest BCUT2D eigenvalue weighted by Gasteiger charge is -2.18. The molecule has 7 heteroatoms. The number of hydrogen-bond donors (Lipinski definition) is 3. The lowest BCUT2D eigenvalue weighted by molar-refractivity contribution is -0.155. The second-order valence-corrected chi connectivity index (χ2v) is 5.99. The first-order valence-electron chi connectivity index (χ1n) is 6.56. The number of aliphatic carboxylic acids is 1. The molecule has 1 amide bonds. The summed E-state index contributed by atoms with van der Waals surface area (Å²) < 4.78 is 0. The van der Waals surface area contributed by atoms with Gasteiger partial charge in [-0.2, -0.15) is 0 Å². The van der Waals surface area contributed by atoms with Crippen LogP contribution in [0.5, 0.6) is 0 Å². The summed E-state index contributed by atoms with van der Waals surface area (Å²) in [5, 5.41) is 23.6. The van der Waals surface area contributed by atoms with Gasteiger partial charge in [-0.1, -0.05) is 12.1 Å². The predicted octanol–water partition coefficient (Wildman–Crippen LogP) is 1.68. The molecule has 1 heterocycles. The van der Waals surface area contributed by atoms with Crippen molar-refractivity contribution in [3.63, 3.8) is 0 Å². The number of amides is 1. The molecule has 0 aliphatic carbocycles. The van der Waals surface area contributed by atoms with Crippen LogP contribution in [0.15, 0.2) is 29.6 Å². The summed E-state index contributed by atoms with van der Waals surface area (Å²) in [6.07, 6.45) is 0. The Hall–Kier alpha value is -2.25. The molecule has 0 bridgehead atoms. The molecule has 0 radical (unpaired) electrons. The smallest absolute Gasteiger partial charge is 0.337 e. The molecule has 0 aliphatic rings. The number of hydrogen-bond acceptors (Lipinski definition) is 5. The van der Waals surface area contributed by atoms with Gasteiger partial charge in [0.15, 0.2) is 5.60 Å². The summed E-state index contributed by atoms with van der Waals surface area (Å²) in [6, 6.07) is 6.89. The van der Waals surface area contributed by atoms with Crippen molar-refractivity contribution in [2.45, 2.75) is 19.4 Å². The molecular weight excluding hydrogens is 304 g/mol. The zero-order valence-electron chi connectivity index (χ0n) is 12.2. The molecule has 0 spiro atoms. The molecule has 1 aromatic heterocycles. The van der Waals surface area contributed by atoms with E-state index in [0.29, 0.717) is 5.56 Å². The molecule has 1 unspecified atom stereocenters. The minimum absolute atomic E-state index is 0.373. The molecule has 6 nitrogen and oxygen atoms in total. The van der Waals surface area contributed by atoms with E-state index >= 15 is 0 Å². The average molecular weight is 320 g/mol. The average Bonchev–Trinajstić information content (AvgIpc) is 2.91. The molecule has 0 saturated heterocycles. The molecule has 0 fully saturated rings. The maximum Gasteiger partial charge on any atom is 0.337 e. The Kier molecular flexibility index (Phi) is 4.58. The Bertz CT molecular complexity index is 709. The number of thiazole rings is 1. The SMILES string of the molecule is Cc1csc(-c2cccc(C(=O)NCC(C)(O)C(=O)O)c2)n1. The van der Waals surface area contributed by atoms with Crippen molar-refractivity contribution in [3.8, 4) is 10.6 Å². The number of benzene rings is 1. The second kappa shape index (κ2) is 6.25. The fourth-order valence-electron chi connectivity index (χ4n) is 1.71. The number of aryl methyl sites for hydroxylation is 1. The summed E-state index contributed by atoms with van der Waals surface area (Å²) in [5.41, 5.74) is 0.106. The lowest BCUT2D eigenvalue weighted by Crippen LogP contribution is -2.46. The number of carbonyl (C=O) groups excluding carboxylic acids is 1. The molecule has 2 rings (SSSR count). The quantitative estimate of drug-likeness (QED) is 0.778. The van der Waals surface area contributed by atoms with E-state index in [-0.39, 0.29) is 6.54 Å². The zero-order chi connectivity index (χ0) is 16.3. The summed E-state index contributed by atoms with van der Waals surface area (Å²) in [6.45, 7) is 2.65. The van der Waals surface area contributed by atoms with Crippen molar-refractivity contribution >= 4 is 23.2 Å². The lowest BCUT2D eigenvalue weighted by atomic mass is 10.1. The summed E-state index contributed by atoms with van der Waals surface area (Å²) in [5.74, 6) is -1.84. The van der Waals surface area contributed by atoms with Crippen LogP contribution in [0.2, 0.25) is 0 Å². The highest BCUT2D eigenvalue weighted by Crippen LogP contribution is 2.24. The second-order valence-electron chi connectivity index (χ2n) is 5.14. The van der Waals surface area contributed by atoms with Gasteiger partial charge in [-0.05, 0) is 26.0 Å².